The summed E-state index contributed by atoms with van der Waals surface area (Å²) in [6.07, 6.45) is 3.35. The molecule has 0 spiro atoms. The molecule has 0 aliphatic heterocycles. The minimum Gasteiger partial charge on any atom is -0.545 e. The summed E-state index contributed by atoms with van der Waals surface area (Å²) in [7, 11) is -1.80. The predicted molar refractivity (Wildman–Crippen MR) is 169 cm³/mol. The first kappa shape index (κ1) is 36.4. The van der Waals surface area contributed by atoms with Crippen molar-refractivity contribution in [3.63, 3.8) is 0 Å². The second-order valence-corrected chi connectivity index (χ2v) is 13.8. The van der Waals surface area contributed by atoms with Crippen LogP contribution in [0.2, 0.25) is 0 Å². The van der Waals surface area contributed by atoms with Crippen molar-refractivity contribution in [2.45, 2.75) is 13.3 Å². The van der Waals surface area contributed by atoms with Crippen LogP contribution in [0.5, 0.6) is 0 Å². The zero-order chi connectivity index (χ0) is 28.2. The smallest absolute Gasteiger partial charge is 0.0967 e. The summed E-state index contributed by atoms with van der Waals surface area (Å²) in [6.45, 7) is 16.7. The second-order valence-electron chi connectivity index (χ2n) is 8.84. The van der Waals surface area contributed by atoms with E-state index in [0.717, 1.165) is 6.42 Å². The van der Waals surface area contributed by atoms with Crippen LogP contribution in [0.25, 0.3) is 0 Å². The molecule has 4 aromatic rings. The normalized spacial score (nSPS) is 9.95. The van der Waals surface area contributed by atoms with Gasteiger partial charge < -0.3 is 21.3 Å². The van der Waals surface area contributed by atoms with Gasteiger partial charge in [0.05, 0.1) is 49.4 Å². The molecule has 0 aliphatic rings. The molecule has 3 nitrogen and oxygen atoms in total. The van der Waals surface area contributed by atoms with Crippen LogP contribution in [0.4, 0.5) is 0 Å². The molecule has 0 N–H and O–H groups in total. The summed E-state index contributed by atoms with van der Waals surface area (Å²) in [6, 6.07) is 44.6. The van der Waals surface area contributed by atoms with Gasteiger partial charge in [-0.25, -0.2) is 0 Å². The van der Waals surface area contributed by atoms with E-state index in [1.165, 1.54) is 33.5 Å². The van der Waals surface area contributed by atoms with Gasteiger partial charge >= 0.3 is 0 Å². The van der Waals surface area contributed by atoms with Crippen molar-refractivity contribution in [2.24, 2.45) is 5.41 Å². The van der Waals surface area contributed by atoms with E-state index in [1.54, 1.807) is 0 Å². The summed E-state index contributed by atoms with van der Waals surface area (Å²) >= 11 is 0. The van der Waals surface area contributed by atoms with Gasteiger partial charge in [0, 0.05) is 26.5 Å². The SMILES string of the molecule is [CH-]=O.[CH-]=O.[CH-]=O.[CH2-]CC(C)(C[PH+](c1ccccc1)c1ccccc1)C[PH+](c1ccccc1)c1ccccc1.[W]. The van der Waals surface area contributed by atoms with Crippen LogP contribution in [0.3, 0.4) is 0 Å². The topological polar surface area (TPSA) is 51.2 Å². The van der Waals surface area contributed by atoms with E-state index in [9.17, 15) is 0 Å². The molecule has 0 heterocycles. The molecular weight excluding hydrogens is 690 g/mol. The van der Waals surface area contributed by atoms with Gasteiger partial charge in [0.25, 0.3) is 0 Å². The summed E-state index contributed by atoms with van der Waals surface area (Å²) in [5.41, 5.74) is 0.181. The largest absolute Gasteiger partial charge is 0.545 e. The van der Waals surface area contributed by atoms with Crippen molar-refractivity contribution < 1.29 is 35.4 Å². The van der Waals surface area contributed by atoms with Crippen LogP contribution in [0, 0.1) is 12.3 Å². The third kappa shape index (κ3) is 11.6. The molecule has 0 aliphatic carbocycles. The molecule has 0 saturated heterocycles. The van der Waals surface area contributed by atoms with Crippen LogP contribution in [0.1, 0.15) is 13.3 Å². The standard InChI is InChI=1S/C30H31P2.3CHO.W/c1-3-30(2,24-31(26-16-8-4-9-17-26)27-18-10-5-11-19-27)25-32(28-20-12-6-13-21-28)29-22-14-7-15-23-29;3*1-2;/h4-23H,1,3,24-25H2,2H3;3*1H;/q4*-1;/p+2. The Morgan fingerprint density at radius 1 is 0.513 bits per heavy atom. The Kier molecular flexibility index (Phi) is 19.9. The van der Waals surface area contributed by atoms with Crippen molar-refractivity contribution in [2.75, 3.05) is 12.3 Å². The minimum atomic E-state index is -0.900. The van der Waals surface area contributed by atoms with Crippen molar-refractivity contribution in [1.82, 2.24) is 0 Å². The van der Waals surface area contributed by atoms with Crippen molar-refractivity contribution in [3.05, 3.63) is 128 Å². The van der Waals surface area contributed by atoms with Crippen molar-refractivity contribution in [1.29, 1.82) is 0 Å². The Morgan fingerprint density at radius 3 is 0.897 bits per heavy atom. The van der Waals surface area contributed by atoms with E-state index >= 15 is 0 Å². The van der Waals surface area contributed by atoms with Crippen LogP contribution in [-0.4, -0.2) is 32.7 Å². The average molecular weight is 726 g/mol. The van der Waals surface area contributed by atoms with Gasteiger partial charge in [0.15, 0.2) is 0 Å². The average Bonchev–Trinajstić information content (AvgIpc) is 3.03. The van der Waals surface area contributed by atoms with Crippen molar-refractivity contribution >= 4 is 57.4 Å². The Bertz CT molecular complexity index is 964. The first-order chi connectivity index (χ1) is 18.7. The summed E-state index contributed by atoms with van der Waals surface area (Å²) in [5, 5.41) is 5.99. The maximum absolute atomic E-state index is 7.75. The Balaban J connectivity index is 0.00000193. The first-order valence-corrected chi connectivity index (χ1v) is 15.5. The molecule has 0 amide bonds. The molecule has 39 heavy (non-hydrogen) atoms. The predicted octanol–water partition coefficient (Wildman–Crippen LogP) is 5.12. The van der Waals surface area contributed by atoms with E-state index < -0.39 is 15.8 Å². The fourth-order valence-electron chi connectivity index (χ4n) is 4.39. The molecule has 0 saturated carbocycles. The second kappa shape index (κ2) is 21.3. The van der Waals surface area contributed by atoms with Crippen LogP contribution in [0.15, 0.2) is 121 Å². The van der Waals surface area contributed by atoms with Gasteiger partial charge in [-0.3, -0.25) is 20.4 Å². The third-order valence-electron chi connectivity index (χ3n) is 6.30. The fourth-order valence-corrected chi connectivity index (χ4v) is 10.8. The van der Waals surface area contributed by atoms with E-state index in [4.69, 9.17) is 14.4 Å². The minimum absolute atomic E-state index is 0. The van der Waals surface area contributed by atoms with Gasteiger partial charge in [-0.15, -0.1) is 0 Å². The Labute approximate surface area is 251 Å². The number of hydrogen-bond acceptors (Lipinski definition) is 3. The molecule has 4 aromatic carbocycles. The molecule has 0 radical (unpaired) electrons. The fraction of sp³-hybridized carbons (Fsp3) is 0.152. The molecule has 0 fully saturated rings. The molecule has 0 atom stereocenters. The zero-order valence-electron chi connectivity index (χ0n) is 22.2. The summed E-state index contributed by atoms with van der Waals surface area (Å²) < 4.78 is 0. The van der Waals surface area contributed by atoms with E-state index in [0.29, 0.717) is 0 Å². The Morgan fingerprint density at radius 2 is 0.718 bits per heavy atom. The molecule has 6 heteroatoms. The van der Waals surface area contributed by atoms with Crippen molar-refractivity contribution in [3.8, 4) is 0 Å². The van der Waals surface area contributed by atoms with Gasteiger partial charge in [-0.2, -0.15) is 6.42 Å². The van der Waals surface area contributed by atoms with Gasteiger partial charge in [0.1, 0.15) is 0 Å². The first-order valence-electron chi connectivity index (χ1n) is 12.1. The molecule has 0 aromatic heterocycles. The van der Waals surface area contributed by atoms with Crippen LogP contribution in [-0.2, 0) is 35.4 Å². The number of hydrogen-bond donors (Lipinski definition) is 0. The molecule has 0 bridgehead atoms. The monoisotopic (exact) mass is 726 g/mol. The zero-order valence-corrected chi connectivity index (χ0v) is 27.2. The van der Waals surface area contributed by atoms with Crippen LogP contribution < -0.4 is 21.2 Å². The molecule has 4 rings (SSSR count). The maximum Gasteiger partial charge on any atom is 0.0967 e. The summed E-state index contributed by atoms with van der Waals surface area (Å²) in [4.78, 5) is 23.2. The maximum atomic E-state index is 7.75. The number of rotatable bonds is 9. The van der Waals surface area contributed by atoms with E-state index in [2.05, 4.69) is 156 Å². The molecule has 204 valence electrons. The summed E-state index contributed by atoms with van der Waals surface area (Å²) in [5.74, 6) is 0. The van der Waals surface area contributed by atoms with E-state index in [1.807, 2.05) is 0 Å². The van der Waals surface area contributed by atoms with Gasteiger partial charge in [0.2, 0.25) is 0 Å². The molecule has 0 unspecified atom stereocenters. The number of carbonyl (C=O) groups excluding carboxylic acids is 3. The third-order valence-corrected chi connectivity index (χ3v) is 12.8. The number of benzene rings is 4. The van der Waals surface area contributed by atoms with Gasteiger partial charge in [-0.1, -0.05) is 79.7 Å². The quantitative estimate of drug-likeness (QED) is 0.137. The van der Waals surface area contributed by atoms with E-state index in [-0.39, 0.29) is 26.5 Å². The van der Waals surface area contributed by atoms with Crippen LogP contribution >= 0.6 is 15.8 Å². The van der Waals surface area contributed by atoms with Gasteiger partial charge in [-0.05, 0) is 48.5 Å². The molecular formula is C33H36O3P2W-2. The Hall–Kier alpha value is -2.56.